The predicted molar refractivity (Wildman–Crippen MR) is 51.4 cm³/mol. The number of hydrogen-bond donors (Lipinski definition) is 2. The lowest BCUT2D eigenvalue weighted by atomic mass is 10.2. The van der Waals surface area contributed by atoms with Gasteiger partial charge in [0.15, 0.2) is 0 Å². The van der Waals surface area contributed by atoms with Crippen LogP contribution >= 0.6 is 0 Å². The van der Waals surface area contributed by atoms with Crippen molar-refractivity contribution in [3.63, 3.8) is 0 Å². The maximum Gasteiger partial charge on any atom is 0.311 e. The van der Waals surface area contributed by atoms with Gasteiger partial charge in [0, 0.05) is 13.6 Å². The summed E-state index contributed by atoms with van der Waals surface area (Å²) in [5, 5.41) is 11.9. The smallest absolute Gasteiger partial charge is 0.311 e. The van der Waals surface area contributed by atoms with Crippen LogP contribution in [0.3, 0.4) is 0 Å². The highest BCUT2D eigenvalue weighted by atomic mass is 16.4. The second kappa shape index (κ2) is 3.32. The number of aliphatic carboxylic acids is 1. The Labute approximate surface area is 81.8 Å². The number of aromatic nitrogens is 2. The third kappa shape index (κ3) is 1.45. The van der Waals surface area contributed by atoms with E-state index in [2.05, 4.69) is 10.3 Å². The Morgan fingerprint density at radius 3 is 3.14 bits per heavy atom. The summed E-state index contributed by atoms with van der Waals surface area (Å²) >= 11 is 0. The second-order valence-corrected chi connectivity index (χ2v) is 3.48. The summed E-state index contributed by atoms with van der Waals surface area (Å²) in [6.45, 7) is 0.943. The van der Waals surface area contributed by atoms with Crippen LogP contribution in [0.2, 0.25) is 0 Å². The standard InChI is InChI=1S/C9H13N3O2/c1-12-7(5-8(13)14)11-6-3-2-4-10-9(6)12/h10H,2-5H2,1H3,(H,13,14). The van der Waals surface area contributed by atoms with Gasteiger partial charge < -0.3 is 15.0 Å². The fourth-order valence-electron chi connectivity index (χ4n) is 1.76. The number of carboxylic acid groups (broad SMARTS) is 1. The van der Waals surface area contributed by atoms with Crippen molar-refractivity contribution in [3.05, 3.63) is 11.5 Å². The van der Waals surface area contributed by atoms with Crippen LogP contribution in [0.5, 0.6) is 0 Å². The van der Waals surface area contributed by atoms with Crippen molar-refractivity contribution in [1.82, 2.24) is 9.55 Å². The molecule has 2 heterocycles. The van der Waals surface area contributed by atoms with E-state index in [4.69, 9.17) is 5.11 Å². The lowest BCUT2D eigenvalue weighted by Gasteiger charge is -2.13. The first-order valence-corrected chi connectivity index (χ1v) is 4.68. The second-order valence-electron chi connectivity index (χ2n) is 3.48. The SMILES string of the molecule is Cn1c(CC(=O)O)nc2c1NCCC2. The largest absolute Gasteiger partial charge is 0.481 e. The summed E-state index contributed by atoms with van der Waals surface area (Å²) < 4.78 is 1.84. The van der Waals surface area contributed by atoms with E-state index in [9.17, 15) is 4.79 Å². The van der Waals surface area contributed by atoms with Crippen LogP contribution in [0.25, 0.3) is 0 Å². The zero-order valence-corrected chi connectivity index (χ0v) is 8.08. The normalized spacial score (nSPS) is 14.6. The number of aryl methyl sites for hydroxylation is 1. The molecule has 2 rings (SSSR count). The summed E-state index contributed by atoms with van der Waals surface area (Å²) in [6.07, 6.45) is 2.00. The van der Waals surface area contributed by atoms with Crippen LogP contribution in [-0.4, -0.2) is 27.2 Å². The highest BCUT2D eigenvalue weighted by Gasteiger charge is 2.18. The third-order valence-corrected chi connectivity index (χ3v) is 2.45. The van der Waals surface area contributed by atoms with Gasteiger partial charge in [0.05, 0.1) is 5.69 Å². The van der Waals surface area contributed by atoms with E-state index in [1.807, 2.05) is 11.6 Å². The summed E-state index contributed by atoms with van der Waals surface area (Å²) in [5.74, 6) is 0.764. The minimum atomic E-state index is -0.838. The van der Waals surface area contributed by atoms with Crippen LogP contribution in [-0.2, 0) is 24.7 Å². The number of carboxylic acids is 1. The zero-order valence-electron chi connectivity index (χ0n) is 8.08. The van der Waals surface area contributed by atoms with Crippen molar-refractivity contribution in [2.45, 2.75) is 19.3 Å². The monoisotopic (exact) mass is 195 g/mol. The Hall–Kier alpha value is -1.52. The molecule has 0 saturated heterocycles. The van der Waals surface area contributed by atoms with Crippen LogP contribution < -0.4 is 5.32 Å². The molecular weight excluding hydrogens is 182 g/mol. The molecule has 0 fully saturated rings. The number of nitrogens with one attached hydrogen (secondary N) is 1. The Bertz CT molecular complexity index is 370. The van der Waals surface area contributed by atoms with Crippen LogP contribution in [0, 0.1) is 0 Å². The number of nitrogens with zero attached hydrogens (tertiary/aromatic N) is 2. The fourth-order valence-corrected chi connectivity index (χ4v) is 1.76. The molecule has 14 heavy (non-hydrogen) atoms. The fraction of sp³-hybridized carbons (Fsp3) is 0.556. The van der Waals surface area contributed by atoms with Gasteiger partial charge in [0.25, 0.3) is 0 Å². The molecule has 0 spiro atoms. The molecule has 0 amide bonds. The lowest BCUT2D eigenvalue weighted by molar-refractivity contribution is -0.136. The van der Waals surface area contributed by atoms with Crippen molar-refractivity contribution >= 4 is 11.8 Å². The molecule has 0 atom stereocenters. The Balaban J connectivity index is 2.33. The molecule has 76 valence electrons. The summed E-state index contributed by atoms with van der Waals surface area (Å²) in [4.78, 5) is 14.9. The quantitative estimate of drug-likeness (QED) is 0.717. The number of carbonyl (C=O) groups is 1. The van der Waals surface area contributed by atoms with E-state index in [0.717, 1.165) is 30.9 Å². The van der Waals surface area contributed by atoms with Crippen LogP contribution in [0.4, 0.5) is 5.82 Å². The molecule has 0 aromatic carbocycles. The van der Waals surface area contributed by atoms with Crippen molar-refractivity contribution in [3.8, 4) is 0 Å². The third-order valence-electron chi connectivity index (χ3n) is 2.45. The molecule has 1 aromatic heterocycles. The molecule has 0 aliphatic carbocycles. The van der Waals surface area contributed by atoms with Gasteiger partial charge >= 0.3 is 5.97 Å². The number of hydrogen-bond acceptors (Lipinski definition) is 3. The van der Waals surface area contributed by atoms with Gasteiger partial charge in [-0.25, -0.2) is 4.98 Å². The topological polar surface area (TPSA) is 67.2 Å². The number of fused-ring (bicyclic) bond motifs is 1. The molecule has 0 bridgehead atoms. The van der Waals surface area contributed by atoms with Crippen molar-refractivity contribution in [2.75, 3.05) is 11.9 Å². The summed E-state index contributed by atoms with van der Waals surface area (Å²) in [7, 11) is 1.85. The average Bonchev–Trinajstić information content (AvgIpc) is 2.44. The first-order valence-electron chi connectivity index (χ1n) is 4.68. The maximum absolute atomic E-state index is 10.6. The number of imidazole rings is 1. The Morgan fingerprint density at radius 2 is 2.50 bits per heavy atom. The van der Waals surface area contributed by atoms with Crippen molar-refractivity contribution < 1.29 is 9.90 Å². The van der Waals surface area contributed by atoms with E-state index in [1.165, 1.54) is 0 Å². The first kappa shape index (κ1) is 9.05. The zero-order chi connectivity index (χ0) is 10.1. The van der Waals surface area contributed by atoms with Gasteiger partial charge in [-0.2, -0.15) is 0 Å². The predicted octanol–water partition coefficient (Wildman–Crippen LogP) is 0.405. The van der Waals surface area contributed by atoms with Gasteiger partial charge in [-0.1, -0.05) is 0 Å². The average molecular weight is 195 g/mol. The summed E-state index contributed by atoms with van der Waals surface area (Å²) in [6, 6.07) is 0. The number of anilines is 1. The van der Waals surface area contributed by atoms with E-state index in [0.29, 0.717) is 5.82 Å². The van der Waals surface area contributed by atoms with Gasteiger partial charge in [-0.05, 0) is 12.8 Å². The minimum absolute atomic E-state index is 0.00875. The van der Waals surface area contributed by atoms with Gasteiger partial charge in [0.2, 0.25) is 0 Å². The lowest BCUT2D eigenvalue weighted by Crippen LogP contribution is -2.14. The molecular formula is C9H13N3O2. The Morgan fingerprint density at radius 1 is 1.71 bits per heavy atom. The van der Waals surface area contributed by atoms with E-state index in [1.54, 1.807) is 0 Å². The van der Waals surface area contributed by atoms with E-state index in [-0.39, 0.29) is 6.42 Å². The molecule has 0 radical (unpaired) electrons. The highest BCUT2D eigenvalue weighted by molar-refractivity contribution is 5.69. The molecule has 5 heteroatoms. The van der Waals surface area contributed by atoms with Gasteiger partial charge in [-0.3, -0.25) is 4.79 Å². The summed E-state index contributed by atoms with van der Waals surface area (Å²) in [5.41, 5.74) is 0.995. The van der Waals surface area contributed by atoms with Gasteiger partial charge in [-0.15, -0.1) is 0 Å². The van der Waals surface area contributed by atoms with Gasteiger partial charge in [0.1, 0.15) is 18.1 Å². The molecule has 2 N–H and O–H groups in total. The maximum atomic E-state index is 10.6. The molecule has 1 aliphatic rings. The molecule has 0 unspecified atom stereocenters. The molecule has 1 aromatic rings. The van der Waals surface area contributed by atoms with Crippen LogP contribution in [0.1, 0.15) is 17.9 Å². The first-order chi connectivity index (χ1) is 6.68. The molecule has 5 nitrogen and oxygen atoms in total. The van der Waals surface area contributed by atoms with Crippen molar-refractivity contribution in [2.24, 2.45) is 7.05 Å². The minimum Gasteiger partial charge on any atom is -0.481 e. The number of rotatable bonds is 2. The van der Waals surface area contributed by atoms with E-state index < -0.39 is 5.97 Å². The highest BCUT2D eigenvalue weighted by Crippen LogP contribution is 2.21. The molecule has 0 saturated carbocycles. The molecule has 1 aliphatic heterocycles. The van der Waals surface area contributed by atoms with Crippen LogP contribution in [0.15, 0.2) is 0 Å². The van der Waals surface area contributed by atoms with E-state index >= 15 is 0 Å². The van der Waals surface area contributed by atoms with Crippen molar-refractivity contribution in [1.29, 1.82) is 0 Å². The Kier molecular flexibility index (Phi) is 2.15.